The molecule has 9 heteroatoms. The molecule has 1 unspecified atom stereocenters. The molecule has 3 aromatic rings. The second-order valence-electron chi connectivity index (χ2n) is 5.37. The predicted octanol–water partition coefficient (Wildman–Crippen LogP) is 3.01. The number of hydrogen-bond acceptors (Lipinski definition) is 6. The van der Waals surface area contributed by atoms with Crippen molar-refractivity contribution < 1.29 is 14.7 Å². The van der Waals surface area contributed by atoms with E-state index in [4.69, 9.17) is 5.11 Å². The highest BCUT2D eigenvalue weighted by molar-refractivity contribution is 7.98. The van der Waals surface area contributed by atoms with Crippen molar-refractivity contribution in [2.75, 3.05) is 6.26 Å². The van der Waals surface area contributed by atoms with Crippen molar-refractivity contribution in [3.63, 3.8) is 0 Å². The molecule has 25 heavy (non-hydrogen) atoms. The second-order valence-corrected chi connectivity index (χ2v) is 7.17. The van der Waals surface area contributed by atoms with E-state index in [9.17, 15) is 9.59 Å². The lowest BCUT2D eigenvalue weighted by molar-refractivity contribution is 0.0701. The number of carbonyl (C=O) groups excluding carboxylic acids is 1. The standard InChI is InChI=1S/C16H16N4O3S2/c1-8-12(15(22)23)25-14(18-8)9(2)17-13(21)11-10-6-4-5-7-20(10)16(19-11)24-3/h4-7,9H,1-3H3,(H,17,21)(H,22,23). The molecule has 2 N–H and O–H groups in total. The molecule has 1 amide bonds. The van der Waals surface area contributed by atoms with Gasteiger partial charge in [-0.05, 0) is 32.2 Å². The number of aromatic carboxylic acids is 1. The van der Waals surface area contributed by atoms with Gasteiger partial charge in [0.15, 0.2) is 10.9 Å². The Morgan fingerprint density at radius 3 is 2.76 bits per heavy atom. The predicted molar refractivity (Wildman–Crippen MR) is 96.7 cm³/mol. The number of nitrogens with one attached hydrogen (secondary N) is 1. The molecule has 0 saturated carbocycles. The number of hydrogen-bond donors (Lipinski definition) is 2. The maximum absolute atomic E-state index is 12.7. The van der Waals surface area contributed by atoms with Crippen LogP contribution in [0.15, 0.2) is 29.6 Å². The lowest BCUT2D eigenvalue weighted by atomic mass is 10.3. The summed E-state index contributed by atoms with van der Waals surface area (Å²) in [4.78, 5) is 32.7. The third-order valence-corrected chi connectivity index (χ3v) is 5.62. The summed E-state index contributed by atoms with van der Waals surface area (Å²) in [5, 5.41) is 13.3. The number of nitrogens with zero attached hydrogens (tertiary/aromatic N) is 3. The van der Waals surface area contributed by atoms with Gasteiger partial charge in [0.25, 0.3) is 5.91 Å². The molecule has 3 rings (SSSR count). The molecule has 0 radical (unpaired) electrons. The SMILES string of the molecule is CSc1nc(C(=O)NC(C)c2nc(C)c(C(=O)O)s2)c2ccccn12. The van der Waals surface area contributed by atoms with Crippen molar-refractivity contribution in [1.82, 2.24) is 19.7 Å². The van der Waals surface area contributed by atoms with E-state index in [1.807, 2.05) is 35.1 Å². The van der Waals surface area contributed by atoms with Crippen LogP contribution in [-0.4, -0.2) is 37.6 Å². The van der Waals surface area contributed by atoms with Crippen LogP contribution in [0.2, 0.25) is 0 Å². The topological polar surface area (TPSA) is 96.6 Å². The number of aromatic nitrogens is 3. The van der Waals surface area contributed by atoms with Gasteiger partial charge in [0.05, 0.1) is 17.3 Å². The first kappa shape index (κ1) is 17.4. The normalized spacial score (nSPS) is 12.3. The lowest BCUT2D eigenvalue weighted by Gasteiger charge is -2.10. The van der Waals surface area contributed by atoms with E-state index in [-0.39, 0.29) is 10.8 Å². The molecule has 0 aliphatic rings. The molecular weight excluding hydrogens is 360 g/mol. The minimum atomic E-state index is -1.01. The van der Waals surface area contributed by atoms with Crippen LogP contribution in [0, 0.1) is 6.92 Å². The van der Waals surface area contributed by atoms with Crippen molar-refractivity contribution in [1.29, 1.82) is 0 Å². The van der Waals surface area contributed by atoms with Gasteiger partial charge in [0.2, 0.25) is 0 Å². The zero-order valence-corrected chi connectivity index (χ0v) is 15.4. The van der Waals surface area contributed by atoms with Gasteiger partial charge in [-0.3, -0.25) is 9.20 Å². The fourth-order valence-corrected chi connectivity index (χ4v) is 3.89. The summed E-state index contributed by atoms with van der Waals surface area (Å²) in [5.74, 6) is -1.33. The summed E-state index contributed by atoms with van der Waals surface area (Å²) in [6.07, 6.45) is 3.76. The molecule has 0 aliphatic carbocycles. The second kappa shape index (κ2) is 6.85. The molecule has 3 aromatic heterocycles. The van der Waals surface area contributed by atoms with Gasteiger partial charge in [-0.2, -0.15) is 0 Å². The van der Waals surface area contributed by atoms with Crippen molar-refractivity contribution >= 4 is 40.5 Å². The Bertz CT molecular complexity index is 964. The fraction of sp³-hybridized carbons (Fsp3) is 0.250. The maximum atomic E-state index is 12.7. The number of carboxylic acids is 1. The number of thiazole rings is 1. The summed E-state index contributed by atoms with van der Waals surface area (Å²) in [5.41, 5.74) is 1.51. The fourth-order valence-electron chi connectivity index (χ4n) is 2.45. The highest BCUT2D eigenvalue weighted by Crippen LogP contribution is 2.25. The smallest absolute Gasteiger partial charge is 0.347 e. The van der Waals surface area contributed by atoms with Crippen LogP contribution in [0.3, 0.4) is 0 Å². The van der Waals surface area contributed by atoms with Gasteiger partial charge in [-0.25, -0.2) is 14.8 Å². The average Bonchev–Trinajstić information content (AvgIpc) is 3.15. The first-order valence-electron chi connectivity index (χ1n) is 7.45. The van der Waals surface area contributed by atoms with Gasteiger partial charge in [0, 0.05) is 6.20 Å². The Kier molecular flexibility index (Phi) is 4.78. The van der Waals surface area contributed by atoms with E-state index in [1.165, 1.54) is 11.8 Å². The van der Waals surface area contributed by atoms with Gasteiger partial charge in [-0.15, -0.1) is 11.3 Å². The number of amides is 1. The molecule has 130 valence electrons. The maximum Gasteiger partial charge on any atom is 0.347 e. The number of pyridine rings is 1. The molecule has 0 aliphatic heterocycles. The molecule has 0 bridgehead atoms. The number of rotatable bonds is 5. The zero-order valence-electron chi connectivity index (χ0n) is 13.8. The quantitative estimate of drug-likeness (QED) is 0.665. The van der Waals surface area contributed by atoms with Gasteiger partial charge in [-0.1, -0.05) is 17.8 Å². The van der Waals surface area contributed by atoms with Crippen LogP contribution in [0.4, 0.5) is 0 Å². The Labute approximate surface area is 152 Å². The number of carboxylic acid groups (broad SMARTS) is 1. The number of aryl methyl sites for hydroxylation is 1. The van der Waals surface area contributed by atoms with Crippen LogP contribution >= 0.6 is 23.1 Å². The lowest BCUT2D eigenvalue weighted by Crippen LogP contribution is -2.27. The van der Waals surface area contributed by atoms with Crippen molar-refractivity contribution in [2.24, 2.45) is 0 Å². The number of fused-ring (bicyclic) bond motifs is 1. The van der Waals surface area contributed by atoms with Crippen LogP contribution in [0.5, 0.6) is 0 Å². The van der Waals surface area contributed by atoms with Gasteiger partial charge >= 0.3 is 5.97 Å². The molecule has 0 fully saturated rings. The Hall–Kier alpha value is -2.39. The van der Waals surface area contributed by atoms with E-state index in [2.05, 4.69) is 15.3 Å². The molecule has 0 spiro atoms. The summed E-state index contributed by atoms with van der Waals surface area (Å²) in [6, 6.07) is 5.15. The van der Waals surface area contributed by atoms with Crippen LogP contribution < -0.4 is 5.32 Å². The van der Waals surface area contributed by atoms with E-state index in [0.717, 1.165) is 22.0 Å². The minimum Gasteiger partial charge on any atom is -0.477 e. The van der Waals surface area contributed by atoms with E-state index >= 15 is 0 Å². The summed E-state index contributed by atoms with van der Waals surface area (Å²) >= 11 is 2.53. The largest absolute Gasteiger partial charge is 0.477 e. The van der Waals surface area contributed by atoms with Gasteiger partial charge < -0.3 is 10.4 Å². The van der Waals surface area contributed by atoms with E-state index < -0.39 is 12.0 Å². The first-order chi connectivity index (χ1) is 11.9. The Balaban J connectivity index is 1.87. The molecule has 0 saturated heterocycles. The van der Waals surface area contributed by atoms with Crippen molar-refractivity contribution in [2.45, 2.75) is 25.0 Å². The molecular formula is C16H16N4O3S2. The molecule has 7 nitrogen and oxygen atoms in total. The Morgan fingerprint density at radius 2 is 2.12 bits per heavy atom. The highest BCUT2D eigenvalue weighted by Gasteiger charge is 2.22. The van der Waals surface area contributed by atoms with Crippen molar-refractivity contribution in [3.8, 4) is 0 Å². The molecule has 1 atom stereocenters. The monoisotopic (exact) mass is 376 g/mol. The van der Waals surface area contributed by atoms with E-state index in [0.29, 0.717) is 16.4 Å². The minimum absolute atomic E-state index is 0.188. The zero-order chi connectivity index (χ0) is 18.1. The number of thioether (sulfide) groups is 1. The first-order valence-corrected chi connectivity index (χ1v) is 9.49. The third-order valence-electron chi connectivity index (χ3n) is 3.64. The summed E-state index contributed by atoms with van der Waals surface area (Å²) < 4.78 is 1.86. The third kappa shape index (κ3) is 3.24. The average molecular weight is 376 g/mol. The van der Waals surface area contributed by atoms with Crippen molar-refractivity contribution in [3.05, 3.63) is 45.7 Å². The number of imidazole rings is 1. The highest BCUT2D eigenvalue weighted by atomic mass is 32.2. The molecule has 0 aromatic carbocycles. The van der Waals surface area contributed by atoms with Crippen LogP contribution in [0.1, 0.15) is 43.8 Å². The Morgan fingerprint density at radius 1 is 1.36 bits per heavy atom. The van der Waals surface area contributed by atoms with Crippen LogP contribution in [0.25, 0.3) is 5.52 Å². The van der Waals surface area contributed by atoms with E-state index in [1.54, 1.807) is 13.8 Å². The number of carbonyl (C=O) groups is 2. The summed E-state index contributed by atoms with van der Waals surface area (Å²) in [7, 11) is 0. The molecule has 3 heterocycles. The van der Waals surface area contributed by atoms with Crippen LogP contribution in [-0.2, 0) is 0 Å². The summed E-state index contributed by atoms with van der Waals surface area (Å²) in [6.45, 7) is 3.42. The van der Waals surface area contributed by atoms with Gasteiger partial charge in [0.1, 0.15) is 9.88 Å².